The van der Waals surface area contributed by atoms with Gasteiger partial charge in [0.1, 0.15) is 0 Å². The van der Waals surface area contributed by atoms with Crippen molar-refractivity contribution in [3.05, 3.63) is 0 Å². The van der Waals surface area contributed by atoms with Crippen LogP contribution in [0.3, 0.4) is 0 Å². The molecule has 6 heavy (non-hydrogen) atoms. The van der Waals surface area contributed by atoms with Gasteiger partial charge in [-0.2, -0.15) is 0 Å². The quantitative estimate of drug-likeness (QED) is 0.450. The Morgan fingerprint density at radius 1 is 1.67 bits per heavy atom. The van der Waals surface area contributed by atoms with Gasteiger partial charge in [0.15, 0.2) is 0 Å². The number of carboxylic acid groups (broad SMARTS) is 1. The summed E-state index contributed by atoms with van der Waals surface area (Å²) in [6.07, 6.45) is -0.153. The SMILES string of the molecule is O=[13C](O)[13CH2][13CH2]O. The second kappa shape index (κ2) is 2.66. The molecule has 0 saturated heterocycles. The average molecular weight is 93.1 g/mol. The third kappa shape index (κ3) is 3.43. The van der Waals surface area contributed by atoms with Gasteiger partial charge in [0.05, 0.1) is 13.0 Å². The fourth-order valence-electron chi connectivity index (χ4n) is 0.0956. The van der Waals surface area contributed by atoms with Crippen molar-refractivity contribution in [1.29, 1.82) is 0 Å². The van der Waals surface area contributed by atoms with E-state index in [1.807, 2.05) is 0 Å². The molecule has 0 radical (unpaired) electrons. The molecule has 0 aliphatic carbocycles. The molecule has 3 nitrogen and oxygen atoms in total. The van der Waals surface area contributed by atoms with E-state index >= 15 is 0 Å². The van der Waals surface area contributed by atoms with Crippen LogP contribution in [0.1, 0.15) is 6.42 Å². The first-order valence-electron chi connectivity index (χ1n) is 1.60. The maximum absolute atomic E-state index is 9.44. The topological polar surface area (TPSA) is 57.5 Å². The normalized spacial score (nSPS) is 8.17. The number of aliphatic hydroxyl groups is 1. The summed E-state index contributed by atoms with van der Waals surface area (Å²) >= 11 is 0. The predicted molar refractivity (Wildman–Crippen MR) is 19.3 cm³/mol. The Morgan fingerprint density at radius 3 is 2.17 bits per heavy atom. The van der Waals surface area contributed by atoms with Gasteiger partial charge in [-0.3, -0.25) is 4.79 Å². The van der Waals surface area contributed by atoms with E-state index in [0.29, 0.717) is 0 Å². The van der Waals surface area contributed by atoms with Crippen LogP contribution in [0.15, 0.2) is 0 Å². The summed E-state index contributed by atoms with van der Waals surface area (Å²) in [6.45, 7) is -0.269. The van der Waals surface area contributed by atoms with E-state index in [0.717, 1.165) is 0 Å². The molecule has 0 aliphatic rings. The summed E-state index contributed by atoms with van der Waals surface area (Å²) in [6, 6.07) is 0. The first-order valence-corrected chi connectivity index (χ1v) is 1.60. The highest BCUT2D eigenvalue weighted by atomic mass is 16.5. The van der Waals surface area contributed by atoms with E-state index < -0.39 is 5.97 Å². The molecule has 36 valence electrons. The molecule has 0 heterocycles. The van der Waals surface area contributed by atoms with Gasteiger partial charge in [-0.1, -0.05) is 0 Å². The summed E-state index contributed by atoms with van der Waals surface area (Å²) in [5, 5.41) is 15.6. The van der Waals surface area contributed by atoms with Crippen molar-refractivity contribution in [2.45, 2.75) is 6.42 Å². The van der Waals surface area contributed by atoms with Gasteiger partial charge in [0.2, 0.25) is 0 Å². The third-order valence-corrected chi connectivity index (χ3v) is 0.326. The highest BCUT2D eigenvalue weighted by Gasteiger charge is 1.88. The van der Waals surface area contributed by atoms with Crippen LogP contribution < -0.4 is 0 Å². The molecule has 0 bridgehead atoms. The van der Waals surface area contributed by atoms with E-state index in [1.54, 1.807) is 0 Å². The van der Waals surface area contributed by atoms with Crippen LogP contribution in [0.25, 0.3) is 0 Å². The van der Waals surface area contributed by atoms with Gasteiger partial charge in [-0.15, -0.1) is 0 Å². The highest BCUT2D eigenvalue weighted by molar-refractivity contribution is 5.66. The molecule has 0 amide bonds. The molecule has 0 unspecified atom stereocenters. The lowest BCUT2D eigenvalue weighted by Crippen LogP contribution is -1.96. The molecule has 0 aromatic heterocycles. The van der Waals surface area contributed by atoms with Crippen LogP contribution in [0, 0.1) is 0 Å². The van der Waals surface area contributed by atoms with Gasteiger partial charge in [0.25, 0.3) is 0 Å². The number of carbonyl (C=O) groups is 1. The lowest BCUT2D eigenvalue weighted by molar-refractivity contribution is -0.137. The van der Waals surface area contributed by atoms with Crippen molar-refractivity contribution < 1.29 is 15.0 Å². The highest BCUT2D eigenvalue weighted by Crippen LogP contribution is 1.70. The van der Waals surface area contributed by atoms with Crippen molar-refractivity contribution in [3.63, 3.8) is 0 Å². The number of hydrogen-bond donors (Lipinski definition) is 2. The number of rotatable bonds is 2. The average Bonchev–Trinajstić information content (AvgIpc) is 1.35. The fourth-order valence-corrected chi connectivity index (χ4v) is 0.0956. The minimum absolute atomic E-state index is 0.153. The predicted octanol–water partition coefficient (Wildman–Crippen LogP) is -0.547. The second-order valence-corrected chi connectivity index (χ2v) is 0.867. The molecule has 0 aromatic carbocycles. The fraction of sp³-hybridized carbons (Fsp3) is 0.667. The van der Waals surface area contributed by atoms with Crippen molar-refractivity contribution in [3.8, 4) is 0 Å². The van der Waals surface area contributed by atoms with Crippen molar-refractivity contribution in [2.24, 2.45) is 0 Å². The van der Waals surface area contributed by atoms with Crippen molar-refractivity contribution >= 4 is 5.97 Å². The lowest BCUT2D eigenvalue weighted by atomic mass is 11.4. The van der Waals surface area contributed by atoms with Crippen LogP contribution in [0.4, 0.5) is 0 Å². The molecule has 0 saturated carbocycles. The monoisotopic (exact) mass is 93.0 g/mol. The van der Waals surface area contributed by atoms with Crippen LogP contribution in [-0.4, -0.2) is 22.8 Å². The first kappa shape index (κ1) is 5.43. The number of aliphatic hydroxyl groups excluding tert-OH is 1. The van der Waals surface area contributed by atoms with Crippen LogP contribution >= 0.6 is 0 Å². The second-order valence-electron chi connectivity index (χ2n) is 0.867. The van der Waals surface area contributed by atoms with Crippen LogP contribution in [0.2, 0.25) is 0 Å². The Bertz CT molecular complexity index is 50.0. The molecule has 0 spiro atoms. The summed E-state index contributed by atoms with van der Waals surface area (Å²) in [5.74, 6) is -0.961. The number of aliphatic carboxylic acids is 1. The lowest BCUT2D eigenvalue weighted by Gasteiger charge is -1.79. The van der Waals surface area contributed by atoms with Gasteiger partial charge in [-0.25, -0.2) is 0 Å². The van der Waals surface area contributed by atoms with Gasteiger partial charge in [0, 0.05) is 0 Å². The van der Waals surface area contributed by atoms with Gasteiger partial charge in [-0.05, 0) is 0 Å². The minimum atomic E-state index is -0.961. The maximum Gasteiger partial charge on any atom is 0.305 e. The summed E-state index contributed by atoms with van der Waals surface area (Å²) < 4.78 is 0. The maximum atomic E-state index is 9.44. The standard InChI is InChI=1S/C3H6O3/c4-2-1-3(5)6/h4H,1-2H2,(H,5,6)/i1+1,2+1,3+1. The van der Waals surface area contributed by atoms with Crippen molar-refractivity contribution in [2.75, 3.05) is 6.61 Å². The molecule has 0 fully saturated rings. The summed E-state index contributed by atoms with van der Waals surface area (Å²) in [4.78, 5) is 9.44. The van der Waals surface area contributed by atoms with Gasteiger partial charge >= 0.3 is 5.97 Å². The van der Waals surface area contributed by atoms with E-state index in [4.69, 9.17) is 10.2 Å². The zero-order valence-corrected chi connectivity index (χ0v) is 3.22. The van der Waals surface area contributed by atoms with E-state index in [1.165, 1.54) is 0 Å². The van der Waals surface area contributed by atoms with Crippen molar-refractivity contribution in [1.82, 2.24) is 0 Å². The molecule has 3 heteroatoms. The Hall–Kier alpha value is -0.570. The Balaban J connectivity index is 2.83. The first-order chi connectivity index (χ1) is 2.77. The Labute approximate surface area is 35.2 Å². The zero-order chi connectivity index (χ0) is 4.99. The summed E-state index contributed by atoms with van der Waals surface area (Å²) in [5.41, 5.74) is 0. The molecule has 0 aliphatic heterocycles. The smallest absolute Gasteiger partial charge is 0.305 e. The van der Waals surface area contributed by atoms with Crippen LogP contribution in [0.5, 0.6) is 0 Å². The molecule has 0 aromatic rings. The molecular weight excluding hydrogens is 87.0 g/mol. The van der Waals surface area contributed by atoms with Gasteiger partial charge < -0.3 is 10.2 Å². The molecule has 0 atom stereocenters. The van der Waals surface area contributed by atoms with Crippen LogP contribution in [-0.2, 0) is 4.79 Å². The molecular formula is C3H6O3. The van der Waals surface area contributed by atoms with E-state index in [-0.39, 0.29) is 13.0 Å². The number of carboxylic acids is 1. The Kier molecular flexibility index (Phi) is 2.40. The zero-order valence-electron chi connectivity index (χ0n) is 3.22. The molecule has 0 rings (SSSR count). The summed E-state index contributed by atoms with van der Waals surface area (Å²) in [7, 11) is 0. The third-order valence-electron chi connectivity index (χ3n) is 0.326. The van der Waals surface area contributed by atoms with E-state index in [9.17, 15) is 4.79 Å². The largest absolute Gasteiger partial charge is 0.481 e. The Morgan fingerprint density at radius 2 is 2.17 bits per heavy atom. The number of hydrogen-bond acceptors (Lipinski definition) is 2. The minimum Gasteiger partial charge on any atom is -0.481 e. The molecule has 2 N–H and O–H groups in total. The van der Waals surface area contributed by atoms with E-state index in [2.05, 4.69) is 0 Å².